The van der Waals surface area contributed by atoms with Crippen LogP contribution in [0.4, 0.5) is 0 Å². The summed E-state index contributed by atoms with van der Waals surface area (Å²) in [6.07, 6.45) is 1.53. The highest BCUT2D eigenvalue weighted by atomic mass is 35.5. The third kappa shape index (κ3) is 4.18. The van der Waals surface area contributed by atoms with Gasteiger partial charge in [0.1, 0.15) is 6.04 Å². The maximum Gasteiger partial charge on any atom is 0.262 e. The van der Waals surface area contributed by atoms with E-state index in [1.165, 1.54) is 0 Å². The van der Waals surface area contributed by atoms with Crippen molar-refractivity contribution in [1.82, 2.24) is 10.2 Å². The number of hydrogen-bond acceptors (Lipinski definition) is 6. The molecular weight excluding hydrogens is 374 g/mol. The average molecular weight is 396 g/mol. The smallest absolute Gasteiger partial charge is 0.262 e. The van der Waals surface area contributed by atoms with Gasteiger partial charge in [0.15, 0.2) is 0 Å². The van der Waals surface area contributed by atoms with Crippen LogP contribution in [-0.2, 0) is 20.7 Å². The minimum Gasteiger partial charge on any atom is -0.380 e. The Balaban J connectivity index is 0.00000261. The molecule has 1 fully saturated rings. The topological polar surface area (TPSA) is 119 Å². The molecule has 1 atom stereocenters. The second kappa shape index (κ2) is 9.07. The second-order valence-electron chi connectivity index (χ2n) is 6.29. The van der Waals surface area contributed by atoms with Gasteiger partial charge in [0.25, 0.3) is 11.8 Å². The van der Waals surface area contributed by atoms with Crippen LogP contribution in [0.3, 0.4) is 0 Å². The van der Waals surface area contributed by atoms with Gasteiger partial charge in [-0.1, -0.05) is 12.1 Å². The summed E-state index contributed by atoms with van der Waals surface area (Å²) in [5.74, 6) is -1.95. The third-order valence-electron chi connectivity index (χ3n) is 4.55. The number of carbonyl (C=O) groups excluding carboxylic acids is 4. The lowest BCUT2D eigenvalue weighted by Crippen LogP contribution is -2.54. The summed E-state index contributed by atoms with van der Waals surface area (Å²) in [5, 5.41) is 2.19. The van der Waals surface area contributed by atoms with E-state index in [0.29, 0.717) is 43.7 Å². The molecule has 1 unspecified atom stereocenters. The van der Waals surface area contributed by atoms with Crippen LogP contribution < -0.4 is 11.1 Å². The molecule has 2 aliphatic rings. The zero-order valence-electron chi connectivity index (χ0n) is 14.7. The molecule has 0 aliphatic carbocycles. The molecule has 1 aromatic carbocycles. The fourth-order valence-electron chi connectivity index (χ4n) is 3.34. The van der Waals surface area contributed by atoms with Gasteiger partial charge in [0, 0.05) is 19.6 Å². The van der Waals surface area contributed by atoms with Crippen molar-refractivity contribution < 1.29 is 23.9 Å². The number of nitrogens with two attached hydrogens (primary N) is 1. The van der Waals surface area contributed by atoms with E-state index in [4.69, 9.17) is 10.5 Å². The lowest BCUT2D eigenvalue weighted by Gasteiger charge is -2.27. The Morgan fingerprint density at radius 1 is 1.15 bits per heavy atom. The van der Waals surface area contributed by atoms with Gasteiger partial charge in [0.05, 0.1) is 17.7 Å². The second-order valence-corrected chi connectivity index (χ2v) is 6.29. The number of hydrogen-bond donors (Lipinski definition) is 2. The van der Waals surface area contributed by atoms with Gasteiger partial charge in [-0.2, -0.15) is 0 Å². The number of carbonyl (C=O) groups is 4. The van der Waals surface area contributed by atoms with Gasteiger partial charge in [-0.3, -0.25) is 29.4 Å². The monoisotopic (exact) mass is 395 g/mol. The van der Waals surface area contributed by atoms with Gasteiger partial charge in [-0.05, 0) is 30.9 Å². The van der Waals surface area contributed by atoms with Crippen LogP contribution >= 0.6 is 12.4 Å². The van der Waals surface area contributed by atoms with E-state index in [1.807, 2.05) is 0 Å². The minimum absolute atomic E-state index is 0. The van der Waals surface area contributed by atoms with Crippen LogP contribution in [-0.4, -0.2) is 54.3 Å². The number of halogens is 1. The highest BCUT2D eigenvalue weighted by molar-refractivity contribution is 6.24. The number of piperidine rings is 1. The van der Waals surface area contributed by atoms with Gasteiger partial charge in [0.2, 0.25) is 11.8 Å². The van der Waals surface area contributed by atoms with Gasteiger partial charge >= 0.3 is 0 Å². The van der Waals surface area contributed by atoms with Gasteiger partial charge in [-0.15, -0.1) is 12.4 Å². The Hall–Kier alpha value is -2.29. The predicted molar refractivity (Wildman–Crippen MR) is 98.6 cm³/mol. The Bertz CT molecular complexity index is 767. The average Bonchev–Trinajstić information content (AvgIpc) is 2.87. The van der Waals surface area contributed by atoms with E-state index >= 15 is 0 Å². The predicted octanol–water partition coefficient (Wildman–Crippen LogP) is 0.417. The highest BCUT2D eigenvalue weighted by Crippen LogP contribution is 2.30. The highest BCUT2D eigenvalue weighted by Gasteiger charge is 2.45. The van der Waals surface area contributed by atoms with Crippen LogP contribution in [0.15, 0.2) is 18.2 Å². The molecule has 8 nitrogen and oxygen atoms in total. The number of rotatable bonds is 7. The molecule has 3 rings (SSSR count). The molecule has 0 spiro atoms. The van der Waals surface area contributed by atoms with Gasteiger partial charge < -0.3 is 10.5 Å². The Kier molecular flexibility index (Phi) is 7.06. The molecule has 9 heteroatoms. The molecule has 146 valence electrons. The molecule has 1 saturated heterocycles. The van der Waals surface area contributed by atoms with Crippen LogP contribution in [0.25, 0.3) is 0 Å². The van der Waals surface area contributed by atoms with Crippen molar-refractivity contribution in [3.63, 3.8) is 0 Å². The zero-order chi connectivity index (χ0) is 18.7. The standard InChI is InChI=1S/C18H21N3O5.ClH/c19-8-10-26-9-2-4-11-3-1-5-12-15(11)18(25)21(17(12)24)13-6-7-14(22)20-16(13)23;/h1,3,5,13H,2,4,6-10,19H2,(H,20,22,23);1H. The van der Waals surface area contributed by atoms with Crippen LogP contribution in [0.1, 0.15) is 45.5 Å². The van der Waals surface area contributed by atoms with Crippen molar-refractivity contribution >= 4 is 36.0 Å². The van der Waals surface area contributed by atoms with Crippen molar-refractivity contribution in [3.8, 4) is 0 Å². The fraction of sp³-hybridized carbons (Fsp3) is 0.444. The minimum atomic E-state index is -0.944. The molecule has 0 saturated carbocycles. The molecule has 2 aliphatic heterocycles. The van der Waals surface area contributed by atoms with E-state index < -0.39 is 23.8 Å². The van der Waals surface area contributed by atoms with Crippen LogP contribution in [0.5, 0.6) is 0 Å². The zero-order valence-corrected chi connectivity index (χ0v) is 15.5. The quantitative estimate of drug-likeness (QED) is 0.510. The first-order valence-electron chi connectivity index (χ1n) is 8.66. The van der Waals surface area contributed by atoms with Crippen LogP contribution in [0.2, 0.25) is 0 Å². The van der Waals surface area contributed by atoms with E-state index in [9.17, 15) is 19.2 Å². The van der Waals surface area contributed by atoms with E-state index in [-0.39, 0.29) is 31.2 Å². The summed E-state index contributed by atoms with van der Waals surface area (Å²) < 4.78 is 5.34. The maximum absolute atomic E-state index is 12.9. The summed E-state index contributed by atoms with van der Waals surface area (Å²) in [7, 11) is 0. The number of fused-ring (bicyclic) bond motifs is 1. The summed E-state index contributed by atoms with van der Waals surface area (Å²) in [5.41, 5.74) is 6.78. The molecule has 0 bridgehead atoms. The van der Waals surface area contributed by atoms with Crippen LogP contribution in [0, 0.1) is 0 Å². The molecule has 1 aromatic rings. The number of ether oxygens (including phenoxy) is 1. The summed E-state index contributed by atoms with van der Waals surface area (Å²) in [6.45, 7) is 1.45. The maximum atomic E-state index is 12.9. The third-order valence-corrected chi connectivity index (χ3v) is 4.55. The largest absolute Gasteiger partial charge is 0.380 e. The van der Waals surface area contributed by atoms with Crippen molar-refractivity contribution in [1.29, 1.82) is 0 Å². The van der Waals surface area contributed by atoms with Crippen molar-refractivity contribution in [2.75, 3.05) is 19.8 Å². The molecule has 0 aromatic heterocycles. The first kappa shape index (κ1) is 21.0. The number of aryl methyl sites for hydroxylation is 1. The fourth-order valence-corrected chi connectivity index (χ4v) is 3.34. The molecule has 2 heterocycles. The first-order chi connectivity index (χ1) is 12.5. The van der Waals surface area contributed by atoms with E-state index in [1.54, 1.807) is 18.2 Å². The molecule has 4 amide bonds. The molecular formula is C18H22ClN3O5. The summed E-state index contributed by atoms with van der Waals surface area (Å²) in [4.78, 5) is 50.0. The molecule has 0 radical (unpaired) electrons. The molecule has 27 heavy (non-hydrogen) atoms. The van der Waals surface area contributed by atoms with E-state index in [2.05, 4.69) is 5.32 Å². The lowest BCUT2D eigenvalue weighted by atomic mass is 9.99. The SMILES string of the molecule is Cl.NCCOCCCc1cccc2c1C(=O)N(C1CCC(=O)NC1=O)C2=O. The Morgan fingerprint density at radius 3 is 2.63 bits per heavy atom. The van der Waals surface area contributed by atoms with Crippen molar-refractivity contribution in [2.45, 2.75) is 31.7 Å². The normalized spacial score (nSPS) is 19.0. The van der Waals surface area contributed by atoms with E-state index in [0.717, 1.165) is 10.5 Å². The number of nitrogens with zero attached hydrogens (tertiary/aromatic N) is 1. The molecule has 3 N–H and O–H groups in total. The summed E-state index contributed by atoms with van der Waals surface area (Å²) in [6, 6.07) is 4.19. The lowest BCUT2D eigenvalue weighted by molar-refractivity contribution is -0.136. The first-order valence-corrected chi connectivity index (χ1v) is 8.66. The van der Waals surface area contributed by atoms with Crippen molar-refractivity contribution in [3.05, 3.63) is 34.9 Å². The number of amides is 4. The van der Waals surface area contributed by atoms with Gasteiger partial charge in [-0.25, -0.2) is 0 Å². The number of imide groups is 2. The Labute approximate surface area is 162 Å². The number of benzene rings is 1. The van der Waals surface area contributed by atoms with Crippen molar-refractivity contribution in [2.24, 2.45) is 5.73 Å². The summed E-state index contributed by atoms with van der Waals surface area (Å²) >= 11 is 0. The number of nitrogens with one attached hydrogen (secondary N) is 1. The Morgan fingerprint density at radius 2 is 1.93 bits per heavy atom.